The molecule has 0 aliphatic carbocycles. The van der Waals surface area contributed by atoms with Gasteiger partial charge in [-0.3, -0.25) is 0 Å². The summed E-state index contributed by atoms with van der Waals surface area (Å²) < 4.78 is 7.11. The van der Waals surface area contributed by atoms with Crippen LogP contribution < -0.4 is 5.32 Å². The van der Waals surface area contributed by atoms with Gasteiger partial charge in [-0.1, -0.05) is 6.92 Å². The Morgan fingerprint density at radius 3 is 3.19 bits per heavy atom. The van der Waals surface area contributed by atoms with E-state index in [1.807, 2.05) is 0 Å². The Morgan fingerprint density at radius 1 is 1.62 bits per heavy atom. The van der Waals surface area contributed by atoms with E-state index in [1.165, 1.54) is 22.2 Å². The zero-order chi connectivity index (χ0) is 11.4. The maximum absolute atomic E-state index is 5.94. The zero-order valence-electron chi connectivity index (χ0n) is 9.54. The van der Waals surface area contributed by atoms with Crippen LogP contribution in [0, 0.1) is 5.92 Å². The Kier molecular flexibility index (Phi) is 4.82. The van der Waals surface area contributed by atoms with Gasteiger partial charge in [-0.2, -0.15) is 0 Å². The van der Waals surface area contributed by atoms with Gasteiger partial charge in [0.25, 0.3) is 0 Å². The van der Waals surface area contributed by atoms with Crippen LogP contribution in [0.25, 0.3) is 0 Å². The van der Waals surface area contributed by atoms with Crippen LogP contribution in [0.2, 0.25) is 0 Å². The minimum absolute atomic E-state index is 0.295. The maximum Gasteiger partial charge on any atom is 0.0957 e. The monoisotopic (exact) mass is 303 g/mol. The summed E-state index contributed by atoms with van der Waals surface area (Å²) in [7, 11) is 0. The Balaban J connectivity index is 2.04. The normalized spacial score (nSPS) is 25.9. The molecule has 90 valence electrons. The molecule has 1 aromatic heterocycles. The summed E-state index contributed by atoms with van der Waals surface area (Å²) >= 11 is 5.30. The van der Waals surface area contributed by atoms with Crippen LogP contribution in [0.3, 0.4) is 0 Å². The fraction of sp³-hybridized carbons (Fsp3) is 0.667. The third kappa shape index (κ3) is 3.06. The van der Waals surface area contributed by atoms with Gasteiger partial charge in [-0.15, -0.1) is 11.3 Å². The first-order chi connectivity index (χ1) is 7.81. The van der Waals surface area contributed by atoms with Crippen LogP contribution in [0.5, 0.6) is 0 Å². The van der Waals surface area contributed by atoms with E-state index in [2.05, 4.69) is 39.6 Å². The molecule has 0 amide bonds. The molecule has 0 saturated carbocycles. The number of nitrogens with one attached hydrogen (secondary N) is 1. The molecular weight excluding hydrogens is 286 g/mol. The van der Waals surface area contributed by atoms with Crippen molar-refractivity contribution in [1.82, 2.24) is 5.32 Å². The average molecular weight is 304 g/mol. The predicted octanol–water partition coefficient (Wildman–Crippen LogP) is 3.59. The zero-order valence-corrected chi connectivity index (χ0v) is 11.9. The third-order valence-corrected chi connectivity index (χ3v) is 4.72. The molecule has 1 aliphatic rings. The summed E-state index contributed by atoms with van der Waals surface area (Å²) in [5.74, 6) is 0.624. The molecule has 0 bridgehead atoms. The highest BCUT2D eigenvalue weighted by atomic mass is 79.9. The van der Waals surface area contributed by atoms with Gasteiger partial charge in [-0.05, 0) is 41.4 Å². The van der Waals surface area contributed by atoms with E-state index in [9.17, 15) is 0 Å². The number of hydrogen-bond donors (Lipinski definition) is 1. The summed E-state index contributed by atoms with van der Waals surface area (Å²) in [6.07, 6.45) is 2.76. The third-order valence-electron chi connectivity index (χ3n) is 2.97. The van der Waals surface area contributed by atoms with Gasteiger partial charge in [0.15, 0.2) is 0 Å². The van der Waals surface area contributed by atoms with E-state index < -0.39 is 0 Å². The van der Waals surface area contributed by atoms with Gasteiger partial charge in [0, 0.05) is 33.8 Å². The summed E-state index contributed by atoms with van der Waals surface area (Å²) in [5, 5.41) is 5.57. The first-order valence-electron chi connectivity index (χ1n) is 5.87. The SMILES string of the molecule is CCNCC1CCCOC1c1cc(Br)cs1. The van der Waals surface area contributed by atoms with E-state index >= 15 is 0 Å². The highest BCUT2D eigenvalue weighted by Crippen LogP contribution is 2.37. The molecular formula is C12H18BrNOS. The molecule has 1 fully saturated rings. The van der Waals surface area contributed by atoms with Crippen LogP contribution in [0.15, 0.2) is 15.9 Å². The topological polar surface area (TPSA) is 21.3 Å². The van der Waals surface area contributed by atoms with Crippen LogP contribution in [0.1, 0.15) is 30.7 Å². The Labute approximate surface area is 110 Å². The van der Waals surface area contributed by atoms with Crippen molar-refractivity contribution in [2.75, 3.05) is 19.7 Å². The number of ether oxygens (including phenoxy) is 1. The van der Waals surface area contributed by atoms with E-state index in [1.54, 1.807) is 11.3 Å². The van der Waals surface area contributed by atoms with Crippen molar-refractivity contribution in [3.05, 3.63) is 20.8 Å². The lowest BCUT2D eigenvalue weighted by Crippen LogP contribution is -2.31. The van der Waals surface area contributed by atoms with Gasteiger partial charge in [0.1, 0.15) is 0 Å². The molecule has 4 heteroatoms. The van der Waals surface area contributed by atoms with Crippen molar-refractivity contribution in [1.29, 1.82) is 0 Å². The van der Waals surface area contributed by atoms with E-state index in [0.717, 1.165) is 19.7 Å². The molecule has 2 atom stereocenters. The van der Waals surface area contributed by atoms with Gasteiger partial charge < -0.3 is 10.1 Å². The predicted molar refractivity (Wildman–Crippen MR) is 72.0 cm³/mol. The number of hydrogen-bond acceptors (Lipinski definition) is 3. The molecule has 0 radical (unpaired) electrons. The smallest absolute Gasteiger partial charge is 0.0957 e. The summed E-state index contributed by atoms with van der Waals surface area (Å²) in [6, 6.07) is 2.19. The van der Waals surface area contributed by atoms with Gasteiger partial charge in [-0.25, -0.2) is 0 Å². The average Bonchev–Trinajstić information content (AvgIpc) is 2.73. The van der Waals surface area contributed by atoms with Crippen LogP contribution in [-0.4, -0.2) is 19.7 Å². The van der Waals surface area contributed by atoms with Gasteiger partial charge >= 0.3 is 0 Å². The first-order valence-corrected chi connectivity index (χ1v) is 7.54. The number of halogens is 1. The molecule has 2 heterocycles. The Hall–Kier alpha value is 0.1000. The minimum Gasteiger partial charge on any atom is -0.372 e. The highest BCUT2D eigenvalue weighted by Gasteiger charge is 2.28. The molecule has 16 heavy (non-hydrogen) atoms. The summed E-state index contributed by atoms with van der Waals surface area (Å²) in [5.41, 5.74) is 0. The second-order valence-electron chi connectivity index (χ2n) is 4.17. The lowest BCUT2D eigenvalue weighted by Gasteiger charge is -2.31. The molecule has 0 spiro atoms. The lowest BCUT2D eigenvalue weighted by atomic mass is 9.93. The number of thiophene rings is 1. The molecule has 0 aromatic carbocycles. The maximum atomic E-state index is 5.94. The summed E-state index contributed by atoms with van der Waals surface area (Å²) in [4.78, 5) is 1.36. The minimum atomic E-state index is 0.295. The van der Waals surface area contributed by atoms with Crippen LogP contribution >= 0.6 is 27.3 Å². The molecule has 1 saturated heterocycles. The first kappa shape index (κ1) is 12.6. The van der Waals surface area contributed by atoms with Crippen LogP contribution in [0.4, 0.5) is 0 Å². The highest BCUT2D eigenvalue weighted by molar-refractivity contribution is 9.10. The van der Waals surface area contributed by atoms with Crippen molar-refractivity contribution in [2.45, 2.75) is 25.9 Å². The standard InChI is InChI=1S/C12H18BrNOS/c1-2-14-7-9-4-3-5-15-12(9)11-6-10(13)8-16-11/h6,8-9,12,14H,2-5,7H2,1H3. The van der Waals surface area contributed by atoms with Crippen LogP contribution in [-0.2, 0) is 4.74 Å². The Morgan fingerprint density at radius 2 is 2.50 bits per heavy atom. The quantitative estimate of drug-likeness (QED) is 0.918. The van der Waals surface area contributed by atoms with Crippen molar-refractivity contribution >= 4 is 27.3 Å². The second kappa shape index (κ2) is 6.15. The molecule has 1 aliphatic heterocycles. The van der Waals surface area contributed by atoms with E-state index in [0.29, 0.717) is 12.0 Å². The fourth-order valence-electron chi connectivity index (χ4n) is 2.17. The number of rotatable bonds is 4. The van der Waals surface area contributed by atoms with Gasteiger partial charge in [0.05, 0.1) is 6.10 Å². The molecule has 2 nitrogen and oxygen atoms in total. The Bertz CT molecular complexity index is 329. The van der Waals surface area contributed by atoms with Crippen molar-refractivity contribution in [2.24, 2.45) is 5.92 Å². The van der Waals surface area contributed by atoms with Crippen molar-refractivity contribution in [3.63, 3.8) is 0 Å². The van der Waals surface area contributed by atoms with Gasteiger partial charge in [0.2, 0.25) is 0 Å². The van der Waals surface area contributed by atoms with E-state index in [4.69, 9.17) is 4.74 Å². The van der Waals surface area contributed by atoms with Crippen molar-refractivity contribution < 1.29 is 4.74 Å². The van der Waals surface area contributed by atoms with E-state index in [-0.39, 0.29) is 0 Å². The lowest BCUT2D eigenvalue weighted by molar-refractivity contribution is -0.0254. The molecule has 1 N–H and O–H groups in total. The fourth-order valence-corrected chi connectivity index (χ4v) is 3.76. The largest absolute Gasteiger partial charge is 0.372 e. The molecule has 2 rings (SSSR count). The summed E-state index contributed by atoms with van der Waals surface area (Å²) in [6.45, 7) is 5.16. The van der Waals surface area contributed by atoms with Crippen molar-refractivity contribution in [3.8, 4) is 0 Å². The second-order valence-corrected chi connectivity index (χ2v) is 6.03. The molecule has 2 unspecified atom stereocenters. The molecule has 1 aromatic rings.